The summed E-state index contributed by atoms with van der Waals surface area (Å²) in [5.41, 5.74) is 1.28. The van der Waals surface area contributed by atoms with Gasteiger partial charge in [-0.25, -0.2) is 0 Å². The maximum absolute atomic E-state index is 9.86. The minimum Gasteiger partial charge on any atom is -0.394 e. The number of hydrogen-bond acceptors (Lipinski definition) is 3. The van der Waals surface area contributed by atoms with E-state index in [0.29, 0.717) is 5.92 Å². The lowest BCUT2D eigenvalue weighted by atomic mass is 9.93. The third kappa shape index (κ3) is 4.05. The second-order valence-electron chi connectivity index (χ2n) is 6.09. The fourth-order valence-corrected chi connectivity index (χ4v) is 3.08. The molecule has 1 aliphatic rings. The molecule has 1 unspecified atom stereocenters. The van der Waals surface area contributed by atoms with Crippen molar-refractivity contribution in [2.75, 3.05) is 33.3 Å². The minimum atomic E-state index is -0.0970. The first-order chi connectivity index (χ1) is 9.70. The van der Waals surface area contributed by atoms with Gasteiger partial charge in [0.2, 0.25) is 0 Å². The van der Waals surface area contributed by atoms with E-state index < -0.39 is 0 Å². The Kier molecular flexibility index (Phi) is 5.58. The van der Waals surface area contributed by atoms with Gasteiger partial charge in [-0.2, -0.15) is 0 Å². The Morgan fingerprint density at radius 1 is 1.30 bits per heavy atom. The standard InChI is InChI=1S/C17H28N2O/c1-3-18-17(14-20,16-9-10-16)13-19(2)12-11-15-7-5-4-6-8-15/h4-8,16,18,20H,3,9-14H2,1-2H3. The summed E-state index contributed by atoms with van der Waals surface area (Å²) in [5, 5.41) is 13.4. The molecule has 1 aromatic rings. The van der Waals surface area contributed by atoms with Crippen molar-refractivity contribution in [1.82, 2.24) is 10.2 Å². The van der Waals surface area contributed by atoms with Crippen molar-refractivity contribution in [3.63, 3.8) is 0 Å². The van der Waals surface area contributed by atoms with E-state index in [4.69, 9.17) is 0 Å². The predicted molar refractivity (Wildman–Crippen MR) is 83.9 cm³/mol. The molecule has 0 radical (unpaired) electrons. The smallest absolute Gasteiger partial charge is 0.0628 e. The fraction of sp³-hybridized carbons (Fsp3) is 0.647. The van der Waals surface area contributed by atoms with E-state index in [9.17, 15) is 5.11 Å². The quantitative estimate of drug-likeness (QED) is 0.723. The van der Waals surface area contributed by atoms with E-state index in [1.807, 2.05) is 0 Å². The van der Waals surface area contributed by atoms with Crippen molar-refractivity contribution in [2.24, 2.45) is 5.92 Å². The van der Waals surface area contributed by atoms with Crippen LogP contribution in [-0.2, 0) is 6.42 Å². The third-order valence-electron chi connectivity index (χ3n) is 4.35. The van der Waals surface area contributed by atoms with Gasteiger partial charge in [-0.05, 0) is 44.3 Å². The molecular weight excluding hydrogens is 248 g/mol. The van der Waals surface area contributed by atoms with Crippen LogP contribution in [0.25, 0.3) is 0 Å². The zero-order valence-corrected chi connectivity index (χ0v) is 12.8. The summed E-state index contributed by atoms with van der Waals surface area (Å²) < 4.78 is 0. The summed E-state index contributed by atoms with van der Waals surface area (Å²) in [5.74, 6) is 0.645. The highest BCUT2D eigenvalue weighted by Crippen LogP contribution is 2.39. The second kappa shape index (κ2) is 7.21. The maximum Gasteiger partial charge on any atom is 0.0628 e. The number of hydrogen-bond donors (Lipinski definition) is 2. The van der Waals surface area contributed by atoms with Crippen molar-refractivity contribution < 1.29 is 5.11 Å². The molecule has 2 rings (SSSR count). The van der Waals surface area contributed by atoms with E-state index in [2.05, 4.69) is 54.5 Å². The molecule has 3 nitrogen and oxygen atoms in total. The van der Waals surface area contributed by atoms with E-state index in [-0.39, 0.29) is 12.1 Å². The van der Waals surface area contributed by atoms with Crippen LogP contribution in [0.4, 0.5) is 0 Å². The fourth-order valence-electron chi connectivity index (χ4n) is 3.08. The second-order valence-corrected chi connectivity index (χ2v) is 6.09. The van der Waals surface area contributed by atoms with Crippen LogP contribution in [0.3, 0.4) is 0 Å². The molecule has 3 heteroatoms. The van der Waals surface area contributed by atoms with Crippen LogP contribution in [-0.4, -0.2) is 48.8 Å². The average Bonchev–Trinajstić information content (AvgIpc) is 3.31. The number of nitrogens with one attached hydrogen (secondary N) is 1. The average molecular weight is 276 g/mol. The van der Waals surface area contributed by atoms with Crippen LogP contribution in [0.15, 0.2) is 30.3 Å². The van der Waals surface area contributed by atoms with E-state index >= 15 is 0 Å². The van der Waals surface area contributed by atoms with Gasteiger partial charge in [0.25, 0.3) is 0 Å². The van der Waals surface area contributed by atoms with Gasteiger partial charge in [0.05, 0.1) is 12.1 Å². The molecule has 1 fully saturated rings. The van der Waals surface area contributed by atoms with Gasteiger partial charge in [-0.15, -0.1) is 0 Å². The van der Waals surface area contributed by atoms with Gasteiger partial charge in [-0.1, -0.05) is 37.3 Å². The molecule has 0 bridgehead atoms. The van der Waals surface area contributed by atoms with Crippen LogP contribution in [0.5, 0.6) is 0 Å². The monoisotopic (exact) mass is 276 g/mol. The molecule has 112 valence electrons. The topological polar surface area (TPSA) is 35.5 Å². The maximum atomic E-state index is 9.86. The summed E-state index contributed by atoms with van der Waals surface area (Å²) in [7, 11) is 2.16. The molecule has 0 spiro atoms. The minimum absolute atomic E-state index is 0.0970. The summed E-state index contributed by atoms with van der Waals surface area (Å²) in [6.45, 7) is 5.24. The van der Waals surface area contributed by atoms with E-state index in [1.165, 1.54) is 18.4 Å². The molecule has 0 aliphatic heterocycles. The van der Waals surface area contributed by atoms with Gasteiger partial charge in [0.15, 0.2) is 0 Å². The molecular formula is C17H28N2O. The zero-order chi connectivity index (χ0) is 14.4. The van der Waals surface area contributed by atoms with Gasteiger partial charge in [-0.3, -0.25) is 0 Å². The summed E-state index contributed by atoms with van der Waals surface area (Å²) >= 11 is 0. The molecule has 1 aliphatic carbocycles. The molecule has 1 aromatic carbocycles. The predicted octanol–water partition coefficient (Wildman–Crippen LogP) is 1.91. The van der Waals surface area contributed by atoms with Crippen molar-refractivity contribution in [2.45, 2.75) is 31.7 Å². The highest BCUT2D eigenvalue weighted by atomic mass is 16.3. The Labute approximate surface area is 123 Å². The molecule has 0 heterocycles. The number of likely N-dealkylation sites (N-methyl/N-ethyl adjacent to an activating group) is 2. The third-order valence-corrected chi connectivity index (χ3v) is 4.35. The van der Waals surface area contributed by atoms with Gasteiger partial charge >= 0.3 is 0 Å². The van der Waals surface area contributed by atoms with Crippen LogP contribution in [0, 0.1) is 5.92 Å². The first-order valence-electron chi connectivity index (χ1n) is 7.78. The molecule has 0 aromatic heterocycles. The largest absolute Gasteiger partial charge is 0.394 e. The van der Waals surface area contributed by atoms with E-state index in [1.54, 1.807) is 0 Å². The lowest BCUT2D eigenvalue weighted by Gasteiger charge is -2.37. The molecule has 0 saturated heterocycles. The lowest BCUT2D eigenvalue weighted by Crippen LogP contribution is -2.57. The molecule has 1 saturated carbocycles. The number of aliphatic hydroxyl groups excluding tert-OH is 1. The molecule has 0 amide bonds. The first kappa shape index (κ1) is 15.5. The number of benzene rings is 1. The van der Waals surface area contributed by atoms with Gasteiger partial charge < -0.3 is 15.3 Å². The van der Waals surface area contributed by atoms with Crippen LogP contribution in [0.2, 0.25) is 0 Å². The SMILES string of the molecule is CCNC(CO)(CN(C)CCc1ccccc1)C1CC1. The Bertz CT molecular complexity index is 391. The van der Waals surface area contributed by atoms with Crippen LogP contribution < -0.4 is 5.32 Å². The normalized spacial score (nSPS) is 18.2. The Morgan fingerprint density at radius 2 is 2.00 bits per heavy atom. The lowest BCUT2D eigenvalue weighted by molar-refractivity contribution is 0.103. The van der Waals surface area contributed by atoms with Crippen molar-refractivity contribution >= 4 is 0 Å². The van der Waals surface area contributed by atoms with Crippen molar-refractivity contribution in [3.8, 4) is 0 Å². The Balaban J connectivity index is 1.86. The van der Waals surface area contributed by atoms with Crippen molar-refractivity contribution in [1.29, 1.82) is 0 Å². The van der Waals surface area contributed by atoms with Crippen LogP contribution in [0.1, 0.15) is 25.3 Å². The molecule has 2 N–H and O–H groups in total. The Morgan fingerprint density at radius 3 is 2.55 bits per heavy atom. The highest BCUT2D eigenvalue weighted by molar-refractivity contribution is 5.15. The highest BCUT2D eigenvalue weighted by Gasteiger charge is 2.44. The number of aliphatic hydroxyl groups is 1. The zero-order valence-electron chi connectivity index (χ0n) is 12.8. The van der Waals surface area contributed by atoms with Crippen molar-refractivity contribution in [3.05, 3.63) is 35.9 Å². The number of nitrogens with zero attached hydrogens (tertiary/aromatic N) is 1. The summed E-state index contributed by atoms with van der Waals surface area (Å²) in [4.78, 5) is 2.35. The first-order valence-corrected chi connectivity index (χ1v) is 7.78. The summed E-state index contributed by atoms with van der Waals surface area (Å²) in [6.07, 6.45) is 3.57. The Hall–Kier alpha value is -0.900. The van der Waals surface area contributed by atoms with Gasteiger partial charge in [0.1, 0.15) is 0 Å². The number of rotatable bonds is 9. The van der Waals surface area contributed by atoms with E-state index in [0.717, 1.165) is 26.1 Å². The van der Waals surface area contributed by atoms with Crippen LogP contribution >= 0.6 is 0 Å². The molecule has 20 heavy (non-hydrogen) atoms. The summed E-state index contributed by atoms with van der Waals surface area (Å²) in [6, 6.07) is 10.6. The van der Waals surface area contributed by atoms with Gasteiger partial charge in [0, 0.05) is 13.1 Å². The molecule has 1 atom stereocenters.